The number of phenolic OH excluding ortho intramolecular Hbond substituents is 1. The van der Waals surface area contributed by atoms with Crippen LogP contribution in [0.5, 0.6) is 11.5 Å². The van der Waals surface area contributed by atoms with Gasteiger partial charge < -0.3 is 9.84 Å². The number of benzene rings is 2. The molecule has 0 spiro atoms. The molecule has 92 valence electrons. The summed E-state index contributed by atoms with van der Waals surface area (Å²) in [5.41, 5.74) is 1.78. The van der Waals surface area contributed by atoms with Gasteiger partial charge in [0.25, 0.3) is 0 Å². The molecule has 0 aliphatic heterocycles. The molecule has 18 heavy (non-hydrogen) atoms. The molecule has 1 N–H and O–H groups in total. The topological polar surface area (TPSA) is 46.5 Å². The van der Waals surface area contributed by atoms with Crippen molar-refractivity contribution in [3.8, 4) is 22.6 Å². The average Bonchev–Trinajstić information content (AvgIpc) is 2.39. The van der Waals surface area contributed by atoms with E-state index in [1.807, 2.05) is 6.07 Å². The van der Waals surface area contributed by atoms with Gasteiger partial charge in [-0.3, -0.25) is 4.79 Å². The van der Waals surface area contributed by atoms with Gasteiger partial charge in [0, 0.05) is 5.56 Å². The molecule has 0 aliphatic carbocycles. The molecular weight excluding hydrogens is 252 g/mol. The van der Waals surface area contributed by atoms with Gasteiger partial charge in [-0.15, -0.1) is 0 Å². The van der Waals surface area contributed by atoms with Gasteiger partial charge >= 0.3 is 0 Å². The second kappa shape index (κ2) is 5.10. The number of phenols is 1. The monoisotopic (exact) mass is 262 g/mol. The number of aldehydes is 1. The highest BCUT2D eigenvalue weighted by Crippen LogP contribution is 2.32. The summed E-state index contributed by atoms with van der Waals surface area (Å²) in [4.78, 5) is 10.8. The minimum Gasteiger partial charge on any atom is -0.507 e. The molecule has 3 nitrogen and oxygen atoms in total. The minimum absolute atomic E-state index is 0.0432. The normalized spacial score (nSPS) is 10.1. The Morgan fingerprint density at radius 2 is 2.00 bits per heavy atom. The predicted molar refractivity (Wildman–Crippen MR) is 70.5 cm³/mol. The van der Waals surface area contributed by atoms with Crippen molar-refractivity contribution in [1.29, 1.82) is 0 Å². The predicted octanol–water partition coefficient (Wildman–Crippen LogP) is 3.53. The fraction of sp³-hybridized carbons (Fsp3) is 0.0714. The van der Waals surface area contributed by atoms with E-state index in [9.17, 15) is 9.90 Å². The van der Waals surface area contributed by atoms with Crippen LogP contribution in [-0.2, 0) is 0 Å². The zero-order valence-electron chi connectivity index (χ0n) is 9.68. The Kier molecular flexibility index (Phi) is 3.53. The highest BCUT2D eigenvalue weighted by atomic mass is 35.5. The largest absolute Gasteiger partial charge is 0.507 e. The van der Waals surface area contributed by atoms with Crippen molar-refractivity contribution in [2.75, 3.05) is 7.11 Å². The molecule has 0 aromatic heterocycles. The van der Waals surface area contributed by atoms with Crippen molar-refractivity contribution in [3.63, 3.8) is 0 Å². The molecular formula is C14H11ClO3. The SMILES string of the molecule is COc1ccc(-c2ccc(O)c(C=O)c2)c(Cl)c1. The van der Waals surface area contributed by atoms with Gasteiger partial charge in [0.2, 0.25) is 0 Å². The Hall–Kier alpha value is -2.00. The van der Waals surface area contributed by atoms with Gasteiger partial charge in [-0.1, -0.05) is 17.7 Å². The zero-order valence-corrected chi connectivity index (χ0v) is 10.4. The fourth-order valence-electron chi connectivity index (χ4n) is 1.67. The third-order valence-electron chi connectivity index (χ3n) is 2.64. The van der Waals surface area contributed by atoms with E-state index >= 15 is 0 Å². The molecule has 0 aliphatic rings. The Bertz CT molecular complexity index is 594. The van der Waals surface area contributed by atoms with E-state index in [-0.39, 0.29) is 11.3 Å². The number of hydrogen-bond donors (Lipinski definition) is 1. The summed E-state index contributed by atoms with van der Waals surface area (Å²) < 4.78 is 5.07. The van der Waals surface area contributed by atoms with Crippen molar-refractivity contribution in [2.45, 2.75) is 0 Å². The molecule has 4 heteroatoms. The van der Waals surface area contributed by atoms with Gasteiger partial charge in [-0.2, -0.15) is 0 Å². The molecule has 0 saturated carbocycles. The fourth-order valence-corrected chi connectivity index (χ4v) is 1.95. The Morgan fingerprint density at radius 3 is 2.61 bits per heavy atom. The van der Waals surface area contributed by atoms with Gasteiger partial charge in [0.1, 0.15) is 11.5 Å². The van der Waals surface area contributed by atoms with Crippen molar-refractivity contribution in [3.05, 3.63) is 47.0 Å². The van der Waals surface area contributed by atoms with Crippen molar-refractivity contribution in [2.24, 2.45) is 0 Å². The number of aromatic hydroxyl groups is 1. The molecule has 0 heterocycles. The summed E-state index contributed by atoms with van der Waals surface area (Å²) >= 11 is 6.15. The standard InChI is InChI=1S/C14H11ClO3/c1-18-11-3-4-12(13(15)7-11)9-2-5-14(17)10(6-9)8-16/h2-8,17H,1H3. The zero-order chi connectivity index (χ0) is 13.1. The van der Waals surface area contributed by atoms with Gasteiger partial charge in [0.15, 0.2) is 6.29 Å². The summed E-state index contributed by atoms with van der Waals surface area (Å²) in [7, 11) is 1.57. The number of carbonyl (C=O) groups excluding carboxylic acids is 1. The number of hydrogen-bond acceptors (Lipinski definition) is 3. The number of ether oxygens (including phenoxy) is 1. The first kappa shape index (κ1) is 12.5. The van der Waals surface area contributed by atoms with Crippen LogP contribution in [0.4, 0.5) is 0 Å². The highest BCUT2D eigenvalue weighted by Gasteiger charge is 2.08. The second-order valence-corrected chi connectivity index (χ2v) is 4.14. The molecule has 0 unspecified atom stereocenters. The van der Waals surface area contributed by atoms with Crippen molar-refractivity contribution in [1.82, 2.24) is 0 Å². The van der Waals surface area contributed by atoms with E-state index in [4.69, 9.17) is 16.3 Å². The van der Waals surface area contributed by atoms with Crippen LogP contribution in [0.15, 0.2) is 36.4 Å². The molecule has 2 aromatic carbocycles. The van der Waals surface area contributed by atoms with Gasteiger partial charge in [0.05, 0.1) is 17.7 Å². The number of methoxy groups -OCH3 is 1. The summed E-state index contributed by atoms with van der Waals surface area (Å²) in [6.07, 6.45) is 0.607. The van der Waals surface area contributed by atoms with E-state index in [0.29, 0.717) is 17.1 Å². The van der Waals surface area contributed by atoms with Gasteiger partial charge in [-0.25, -0.2) is 0 Å². The highest BCUT2D eigenvalue weighted by molar-refractivity contribution is 6.33. The molecule has 2 rings (SSSR count). The first-order valence-corrected chi connectivity index (χ1v) is 5.65. The van der Waals surface area contributed by atoms with Crippen LogP contribution in [0, 0.1) is 0 Å². The van der Waals surface area contributed by atoms with Gasteiger partial charge in [-0.05, 0) is 35.9 Å². The average molecular weight is 263 g/mol. The van der Waals surface area contributed by atoms with Crippen LogP contribution in [0.2, 0.25) is 5.02 Å². The Balaban J connectivity index is 2.51. The summed E-state index contributed by atoms with van der Waals surface area (Å²) in [6, 6.07) is 10.1. The van der Waals surface area contributed by atoms with E-state index in [2.05, 4.69) is 0 Å². The maximum absolute atomic E-state index is 10.8. The van der Waals surface area contributed by atoms with Crippen molar-refractivity contribution < 1.29 is 14.6 Å². The Labute approximate surface area is 110 Å². The lowest BCUT2D eigenvalue weighted by atomic mass is 10.0. The van der Waals surface area contributed by atoms with Crippen LogP contribution in [0.1, 0.15) is 10.4 Å². The van der Waals surface area contributed by atoms with Crippen LogP contribution < -0.4 is 4.74 Å². The number of carbonyl (C=O) groups is 1. The molecule has 0 amide bonds. The maximum atomic E-state index is 10.8. The maximum Gasteiger partial charge on any atom is 0.153 e. The van der Waals surface area contributed by atoms with Crippen LogP contribution in [0.25, 0.3) is 11.1 Å². The molecule has 2 aromatic rings. The summed E-state index contributed by atoms with van der Waals surface area (Å²) in [6.45, 7) is 0. The molecule has 0 radical (unpaired) electrons. The molecule has 0 atom stereocenters. The first-order valence-electron chi connectivity index (χ1n) is 5.28. The molecule has 0 saturated heterocycles. The second-order valence-electron chi connectivity index (χ2n) is 3.74. The minimum atomic E-state index is -0.0432. The molecule has 0 fully saturated rings. The Morgan fingerprint density at radius 1 is 1.22 bits per heavy atom. The van der Waals surface area contributed by atoms with Crippen LogP contribution in [0.3, 0.4) is 0 Å². The van der Waals surface area contributed by atoms with E-state index in [0.717, 1.165) is 11.1 Å². The van der Waals surface area contributed by atoms with Crippen molar-refractivity contribution >= 4 is 17.9 Å². The quantitative estimate of drug-likeness (QED) is 0.861. The third kappa shape index (κ3) is 2.31. The summed E-state index contributed by atoms with van der Waals surface area (Å²) in [5, 5.41) is 9.97. The van der Waals surface area contributed by atoms with Crippen LogP contribution in [-0.4, -0.2) is 18.5 Å². The third-order valence-corrected chi connectivity index (χ3v) is 2.95. The van der Waals surface area contributed by atoms with Crippen LogP contribution >= 0.6 is 11.6 Å². The van der Waals surface area contributed by atoms with E-state index in [1.165, 1.54) is 6.07 Å². The first-order chi connectivity index (χ1) is 8.65. The molecule has 0 bridgehead atoms. The lowest BCUT2D eigenvalue weighted by Crippen LogP contribution is -1.87. The lowest BCUT2D eigenvalue weighted by molar-refractivity contribution is 0.112. The smallest absolute Gasteiger partial charge is 0.153 e. The van der Waals surface area contributed by atoms with E-state index < -0.39 is 0 Å². The number of rotatable bonds is 3. The lowest BCUT2D eigenvalue weighted by Gasteiger charge is -2.08. The number of halogens is 1. The summed E-state index contributed by atoms with van der Waals surface area (Å²) in [5.74, 6) is 0.622. The van der Waals surface area contributed by atoms with E-state index in [1.54, 1.807) is 31.4 Å².